The maximum absolute atomic E-state index is 13.3. The Hall–Kier alpha value is -3.10. The monoisotopic (exact) mass is 496 g/mol. The predicted octanol–water partition coefficient (Wildman–Crippen LogP) is 4.31. The number of ether oxygens (including phenoxy) is 1. The Labute approximate surface area is 211 Å². The van der Waals surface area contributed by atoms with Crippen molar-refractivity contribution in [3.8, 4) is 0 Å². The molecule has 1 unspecified atom stereocenters. The lowest BCUT2D eigenvalue weighted by atomic mass is 9.85. The van der Waals surface area contributed by atoms with Gasteiger partial charge in [-0.15, -0.1) is 0 Å². The molecule has 36 heavy (non-hydrogen) atoms. The van der Waals surface area contributed by atoms with Gasteiger partial charge in [-0.1, -0.05) is 6.42 Å². The number of imidazole rings is 1. The number of methoxy groups -OCH3 is 1. The zero-order valence-corrected chi connectivity index (χ0v) is 21.2. The Morgan fingerprint density at radius 1 is 1.08 bits per heavy atom. The number of fused-ring (bicyclic) bond motifs is 3. The summed E-state index contributed by atoms with van der Waals surface area (Å²) in [5, 5.41) is 9.70. The van der Waals surface area contributed by atoms with Crippen LogP contribution in [-0.2, 0) is 27.2 Å². The van der Waals surface area contributed by atoms with E-state index in [-0.39, 0.29) is 36.4 Å². The number of amides is 2. The highest BCUT2D eigenvalue weighted by molar-refractivity contribution is 5.95. The molecule has 1 aromatic heterocycles. The number of likely N-dealkylation sites (tertiary alicyclic amines) is 1. The second-order valence-corrected chi connectivity index (χ2v) is 10.5. The van der Waals surface area contributed by atoms with Crippen LogP contribution in [0.4, 0.5) is 10.5 Å². The van der Waals surface area contributed by atoms with Crippen molar-refractivity contribution in [2.24, 2.45) is 5.92 Å². The Morgan fingerprint density at radius 3 is 2.58 bits per heavy atom. The van der Waals surface area contributed by atoms with Crippen LogP contribution in [0.1, 0.15) is 75.7 Å². The molecule has 2 aliphatic heterocycles. The third kappa shape index (κ3) is 4.44. The maximum Gasteiger partial charge on any atom is 0.414 e. The first-order valence-corrected chi connectivity index (χ1v) is 13.3. The zero-order valence-electron chi connectivity index (χ0n) is 21.2. The largest absolute Gasteiger partial charge is 0.481 e. The minimum absolute atomic E-state index is 0.0132. The van der Waals surface area contributed by atoms with Gasteiger partial charge in [-0.3, -0.25) is 14.5 Å². The number of hydrogen-bond donors (Lipinski definition) is 1. The fraction of sp³-hybridized carbons (Fsp3) is 0.630. The topological polar surface area (TPSA) is 105 Å². The van der Waals surface area contributed by atoms with Gasteiger partial charge in [-0.05, 0) is 70.4 Å². The molecule has 3 atom stereocenters. The highest BCUT2D eigenvalue weighted by Crippen LogP contribution is 2.40. The third-order valence-electron chi connectivity index (χ3n) is 8.28. The van der Waals surface area contributed by atoms with E-state index >= 15 is 0 Å². The number of aliphatic carboxylic acids is 1. The highest BCUT2D eigenvalue weighted by Gasteiger charge is 2.34. The molecular formula is C27H36N4O5. The van der Waals surface area contributed by atoms with Crippen LogP contribution in [0.15, 0.2) is 12.1 Å². The number of carbonyl (C=O) groups excluding carboxylic acids is 2. The Morgan fingerprint density at radius 2 is 1.86 bits per heavy atom. The van der Waals surface area contributed by atoms with Crippen molar-refractivity contribution < 1.29 is 24.2 Å². The molecule has 0 radical (unpaired) electrons. The Balaban J connectivity index is 1.59. The minimum Gasteiger partial charge on any atom is -0.481 e. The van der Waals surface area contributed by atoms with Crippen molar-refractivity contribution in [1.29, 1.82) is 0 Å². The molecule has 9 heteroatoms. The van der Waals surface area contributed by atoms with Crippen molar-refractivity contribution in [2.45, 2.75) is 83.2 Å². The van der Waals surface area contributed by atoms with Crippen LogP contribution in [0.25, 0.3) is 11.0 Å². The van der Waals surface area contributed by atoms with Crippen LogP contribution in [0, 0.1) is 5.92 Å². The highest BCUT2D eigenvalue weighted by atomic mass is 16.5. The Bertz CT molecular complexity index is 1170. The van der Waals surface area contributed by atoms with Gasteiger partial charge in [-0.25, -0.2) is 9.78 Å². The fourth-order valence-electron chi connectivity index (χ4n) is 6.37. The summed E-state index contributed by atoms with van der Waals surface area (Å²) in [7, 11) is 1.39. The quantitative estimate of drug-likeness (QED) is 0.676. The number of hydrogen-bond acceptors (Lipinski definition) is 5. The molecule has 1 saturated heterocycles. The fourth-order valence-corrected chi connectivity index (χ4v) is 6.37. The lowest BCUT2D eigenvalue weighted by molar-refractivity contribution is -0.143. The molecule has 0 spiro atoms. The lowest BCUT2D eigenvalue weighted by Gasteiger charge is -2.34. The summed E-state index contributed by atoms with van der Waals surface area (Å²) in [4.78, 5) is 46.3. The average molecular weight is 497 g/mol. The smallest absolute Gasteiger partial charge is 0.414 e. The molecule has 194 valence electrons. The van der Waals surface area contributed by atoms with E-state index in [0.29, 0.717) is 18.7 Å². The van der Waals surface area contributed by atoms with Gasteiger partial charge in [0.2, 0.25) is 5.91 Å². The number of aromatic nitrogens is 2. The van der Waals surface area contributed by atoms with Gasteiger partial charge in [-0.2, -0.15) is 0 Å². The van der Waals surface area contributed by atoms with E-state index in [1.165, 1.54) is 7.11 Å². The van der Waals surface area contributed by atoms with Crippen LogP contribution in [0.5, 0.6) is 0 Å². The van der Waals surface area contributed by atoms with Crippen molar-refractivity contribution in [3.63, 3.8) is 0 Å². The molecule has 2 fully saturated rings. The number of aryl methyl sites for hydroxylation is 1. The predicted molar refractivity (Wildman–Crippen MR) is 135 cm³/mol. The van der Waals surface area contributed by atoms with Gasteiger partial charge in [0.1, 0.15) is 5.82 Å². The zero-order chi connectivity index (χ0) is 25.4. The molecule has 5 rings (SSSR count). The molecule has 3 aliphatic rings. The normalized spacial score (nSPS) is 24.4. The van der Waals surface area contributed by atoms with Crippen LogP contribution in [-0.4, -0.2) is 63.8 Å². The van der Waals surface area contributed by atoms with E-state index in [0.717, 1.165) is 80.3 Å². The van der Waals surface area contributed by atoms with Crippen molar-refractivity contribution in [1.82, 2.24) is 14.5 Å². The van der Waals surface area contributed by atoms with E-state index in [9.17, 15) is 19.5 Å². The van der Waals surface area contributed by atoms with Gasteiger partial charge in [0, 0.05) is 30.7 Å². The summed E-state index contributed by atoms with van der Waals surface area (Å²) in [6.45, 7) is 3.58. The molecule has 2 aromatic rings. The van der Waals surface area contributed by atoms with E-state index in [1.54, 1.807) is 4.90 Å². The molecule has 2 amide bonds. The van der Waals surface area contributed by atoms with Crippen molar-refractivity contribution in [3.05, 3.63) is 23.5 Å². The first-order chi connectivity index (χ1) is 17.4. The molecule has 9 nitrogen and oxygen atoms in total. The minimum atomic E-state index is -0.754. The van der Waals surface area contributed by atoms with Gasteiger partial charge in [0.25, 0.3) is 0 Å². The summed E-state index contributed by atoms with van der Waals surface area (Å²) < 4.78 is 7.21. The summed E-state index contributed by atoms with van der Waals surface area (Å²) >= 11 is 0. The lowest BCUT2D eigenvalue weighted by Crippen LogP contribution is -2.42. The van der Waals surface area contributed by atoms with Gasteiger partial charge < -0.3 is 19.3 Å². The summed E-state index contributed by atoms with van der Waals surface area (Å²) in [6.07, 6.45) is 7.51. The van der Waals surface area contributed by atoms with Gasteiger partial charge in [0.05, 0.1) is 36.2 Å². The average Bonchev–Trinajstić information content (AvgIpc) is 3.26. The number of benzene rings is 1. The third-order valence-corrected chi connectivity index (χ3v) is 8.28. The summed E-state index contributed by atoms with van der Waals surface area (Å²) in [6, 6.07) is 3.93. The number of carbonyl (C=O) groups is 3. The SMILES string of the molecule is COC(=O)N1c2ccc3c(nc(CC(=O)N4CCCCC4)n3[C@@H]3CCC[C@@H](C(=O)O)C3)c2CCC1C. The molecular weight excluding hydrogens is 460 g/mol. The van der Waals surface area contributed by atoms with E-state index < -0.39 is 5.97 Å². The molecule has 1 N–H and O–H groups in total. The second kappa shape index (κ2) is 10.1. The number of carboxylic acids is 1. The number of carboxylic acid groups (broad SMARTS) is 1. The first kappa shape index (κ1) is 24.6. The van der Waals surface area contributed by atoms with Crippen LogP contribution in [0.3, 0.4) is 0 Å². The van der Waals surface area contributed by atoms with Gasteiger partial charge >= 0.3 is 12.1 Å². The van der Waals surface area contributed by atoms with E-state index in [1.807, 2.05) is 24.0 Å². The standard InChI is InChI=1S/C27H36N4O5/c1-17-9-10-20-21(30(17)27(35)36-2)11-12-22-25(20)28-23(16-24(32)29-13-4-3-5-14-29)31(22)19-8-6-7-18(15-19)26(33)34/h11-12,17-19H,3-10,13-16H2,1-2H3,(H,33,34)/t17?,18-,19-/m1/s1. The number of anilines is 1. The number of rotatable bonds is 4. The van der Waals surface area contributed by atoms with E-state index in [2.05, 4.69) is 4.57 Å². The first-order valence-electron chi connectivity index (χ1n) is 13.3. The Kier molecular flexibility index (Phi) is 6.90. The number of nitrogens with zero attached hydrogens (tertiary/aromatic N) is 4. The number of piperidine rings is 1. The maximum atomic E-state index is 13.3. The molecule has 0 bridgehead atoms. The molecule has 1 aliphatic carbocycles. The van der Waals surface area contributed by atoms with Crippen LogP contribution < -0.4 is 4.90 Å². The molecule has 3 heterocycles. The van der Waals surface area contributed by atoms with Crippen LogP contribution in [0.2, 0.25) is 0 Å². The summed E-state index contributed by atoms with van der Waals surface area (Å²) in [5.41, 5.74) is 3.53. The van der Waals surface area contributed by atoms with E-state index in [4.69, 9.17) is 9.72 Å². The van der Waals surface area contributed by atoms with Crippen molar-refractivity contribution in [2.75, 3.05) is 25.1 Å². The molecule has 1 aromatic carbocycles. The van der Waals surface area contributed by atoms with Crippen molar-refractivity contribution >= 4 is 34.7 Å². The second-order valence-electron chi connectivity index (χ2n) is 10.5. The van der Waals surface area contributed by atoms with Gasteiger partial charge in [0.15, 0.2) is 0 Å². The van der Waals surface area contributed by atoms with Crippen LogP contribution >= 0.6 is 0 Å². The summed E-state index contributed by atoms with van der Waals surface area (Å²) in [5.74, 6) is -0.362. The molecule has 1 saturated carbocycles.